The lowest BCUT2D eigenvalue weighted by atomic mass is 10.3. The first-order valence-electron chi connectivity index (χ1n) is 6.39. The number of carbonyl (C=O) groups is 1. The Morgan fingerprint density at radius 2 is 2.14 bits per heavy atom. The van der Waals surface area contributed by atoms with Crippen LogP contribution in [0.15, 0.2) is 45.7 Å². The Kier molecular flexibility index (Phi) is 6.29. The minimum atomic E-state index is -0.0816. The van der Waals surface area contributed by atoms with Gasteiger partial charge in [0.25, 0.3) is 0 Å². The quantitative estimate of drug-likeness (QED) is 0.483. The number of aryl methyl sites for hydroxylation is 1. The van der Waals surface area contributed by atoms with Crippen LogP contribution in [-0.4, -0.2) is 17.9 Å². The summed E-state index contributed by atoms with van der Waals surface area (Å²) < 4.78 is 0. The van der Waals surface area contributed by atoms with Gasteiger partial charge in [-0.15, -0.1) is 23.1 Å². The van der Waals surface area contributed by atoms with Gasteiger partial charge in [-0.3, -0.25) is 4.79 Å². The highest BCUT2D eigenvalue weighted by molar-refractivity contribution is 7.99. The Bertz CT molecular complexity index is 623. The largest absolute Gasteiger partial charge is 0.273 e. The SMILES string of the molecule is Cc1ccsc1C=NNC(=O)CCSc1ccc(Cl)cc1. The molecule has 2 aromatic rings. The van der Waals surface area contributed by atoms with Crippen molar-refractivity contribution >= 4 is 46.8 Å². The molecular formula is C15H15ClN2OS2. The van der Waals surface area contributed by atoms with Gasteiger partial charge in [0, 0.05) is 27.0 Å². The Hall–Kier alpha value is -1.30. The van der Waals surface area contributed by atoms with E-state index in [1.807, 2.05) is 42.6 Å². The fourth-order valence-electron chi connectivity index (χ4n) is 1.53. The molecule has 0 aliphatic carbocycles. The van der Waals surface area contributed by atoms with Crippen LogP contribution < -0.4 is 5.43 Å². The number of amides is 1. The molecule has 0 bridgehead atoms. The van der Waals surface area contributed by atoms with Gasteiger partial charge in [0.05, 0.1) is 6.21 Å². The van der Waals surface area contributed by atoms with Crippen LogP contribution in [0.25, 0.3) is 0 Å². The summed E-state index contributed by atoms with van der Waals surface area (Å²) in [6.45, 7) is 2.02. The van der Waals surface area contributed by atoms with E-state index in [-0.39, 0.29) is 5.91 Å². The monoisotopic (exact) mass is 338 g/mol. The first kappa shape index (κ1) is 16.1. The molecule has 6 heteroatoms. The zero-order valence-electron chi connectivity index (χ0n) is 11.5. The van der Waals surface area contributed by atoms with Crippen molar-refractivity contribution in [3.63, 3.8) is 0 Å². The van der Waals surface area contributed by atoms with Crippen LogP contribution in [-0.2, 0) is 4.79 Å². The molecule has 0 aliphatic heterocycles. The molecule has 2 rings (SSSR count). The van der Waals surface area contributed by atoms with Gasteiger partial charge in [-0.2, -0.15) is 5.10 Å². The number of benzene rings is 1. The fraction of sp³-hybridized carbons (Fsp3) is 0.200. The molecule has 0 saturated heterocycles. The third-order valence-electron chi connectivity index (χ3n) is 2.68. The first-order valence-corrected chi connectivity index (χ1v) is 8.64. The summed E-state index contributed by atoms with van der Waals surface area (Å²) in [6.07, 6.45) is 2.11. The topological polar surface area (TPSA) is 41.5 Å². The number of hydrazone groups is 1. The highest BCUT2D eigenvalue weighted by Crippen LogP contribution is 2.20. The molecule has 1 aromatic carbocycles. The average molecular weight is 339 g/mol. The minimum absolute atomic E-state index is 0.0816. The van der Waals surface area contributed by atoms with Crippen LogP contribution in [0.4, 0.5) is 0 Å². The number of hydrogen-bond donors (Lipinski definition) is 1. The highest BCUT2D eigenvalue weighted by atomic mass is 35.5. The van der Waals surface area contributed by atoms with Crippen molar-refractivity contribution in [1.82, 2.24) is 5.43 Å². The van der Waals surface area contributed by atoms with Crippen molar-refractivity contribution in [2.45, 2.75) is 18.2 Å². The van der Waals surface area contributed by atoms with Crippen molar-refractivity contribution in [3.05, 3.63) is 51.2 Å². The third-order valence-corrected chi connectivity index (χ3v) is 4.90. The van der Waals surface area contributed by atoms with Gasteiger partial charge >= 0.3 is 0 Å². The van der Waals surface area contributed by atoms with E-state index >= 15 is 0 Å². The highest BCUT2D eigenvalue weighted by Gasteiger charge is 2.01. The molecule has 21 heavy (non-hydrogen) atoms. The number of carbonyl (C=O) groups excluding carboxylic acids is 1. The summed E-state index contributed by atoms with van der Waals surface area (Å²) in [6, 6.07) is 9.61. The molecule has 0 saturated carbocycles. The molecular weight excluding hydrogens is 324 g/mol. The lowest BCUT2D eigenvalue weighted by Crippen LogP contribution is -2.17. The van der Waals surface area contributed by atoms with Gasteiger partial charge in [-0.1, -0.05) is 11.6 Å². The zero-order chi connectivity index (χ0) is 15.1. The van der Waals surface area contributed by atoms with E-state index in [9.17, 15) is 4.79 Å². The first-order chi connectivity index (χ1) is 10.1. The number of thiophene rings is 1. The number of nitrogens with one attached hydrogen (secondary N) is 1. The molecule has 0 radical (unpaired) electrons. The maximum Gasteiger partial charge on any atom is 0.240 e. The van der Waals surface area contributed by atoms with Crippen molar-refractivity contribution < 1.29 is 4.79 Å². The molecule has 1 aromatic heterocycles. The number of thioether (sulfide) groups is 1. The number of nitrogens with zero attached hydrogens (tertiary/aromatic N) is 1. The standard InChI is InChI=1S/C15H15ClN2OS2/c1-11-6-8-21-14(11)10-17-18-15(19)7-9-20-13-4-2-12(16)3-5-13/h2-6,8,10H,7,9H2,1H3,(H,18,19). The summed E-state index contributed by atoms with van der Waals surface area (Å²) in [5.74, 6) is 0.628. The van der Waals surface area contributed by atoms with Crippen molar-refractivity contribution in [2.75, 3.05) is 5.75 Å². The molecule has 1 heterocycles. The van der Waals surface area contributed by atoms with Crippen molar-refractivity contribution in [2.24, 2.45) is 5.10 Å². The molecule has 0 aliphatic rings. The van der Waals surface area contributed by atoms with Gasteiger partial charge in [0.2, 0.25) is 5.91 Å². The van der Waals surface area contributed by atoms with Gasteiger partial charge in [0.15, 0.2) is 0 Å². The third kappa shape index (κ3) is 5.53. The summed E-state index contributed by atoms with van der Waals surface area (Å²) in [5.41, 5.74) is 3.71. The molecule has 1 N–H and O–H groups in total. The van der Waals surface area contributed by atoms with E-state index in [4.69, 9.17) is 11.6 Å². The predicted octanol–water partition coefficient (Wildman–Crippen LogP) is 4.34. The van der Waals surface area contributed by atoms with Crippen LogP contribution in [0.1, 0.15) is 16.9 Å². The molecule has 3 nitrogen and oxygen atoms in total. The average Bonchev–Trinajstić information content (AvgIpc) is 2.87. The van der Waals surface area contributed by atoms with Gasteiger partial charge in [-0.05, 0) is 48.2 Å². The van der Waals surface area contributed by atoms with E-state index in [0.717, 1.165) is 20.4 Å². The Labute approximate surface area is 137 Å². The second-order valence-corrected chi connectivity index (χ2v) is 6.87. The molecule has 0 atom stereocenters. The van der Waals surface area contributed by atoms with Crippen LogP contribution in [0.2, 0.25) is 5.02 Å². The number of hydrogen-bond acceptors (Lipinski definition) is 4. The van der Waals surface area contributed by atoms with Gasteiger partial charge in [-0.25, -0.2) is 5.43 Å². The maximum atomic E-state index is 11.6. The van der Waals surface area contributed by atoms with Gasteiger partial charge in [0.1, 0.15) is 0 Å². The van der Waals surface area contributed by atoms with E-state index in [1.165, 1.54) is 0 Å². The predicted molar refractivity (Wildman–Crippen MR) is 91.6 cm³/mol. The normalized spacial score (nSPS) is 11.0. The fourth-order valence-corrected chi connectivity index (χ4v) is 3.29. The summed E-state index contributed by atoms with van der Waals surface area (Å²) in [5, 5.41) is 6.69. The van der Waals surface area contributed by atoms with E-state index in [2.05, 4.69) is 10.5 Å². The smallest absolute Gasteiger partial charge is 0.240 e. The molecule has 0 unspecified atom stereocenters. The van der Waals surface area contributed by atoms with Crippen LogP contribution in [0, 0.1) is 6.92 Å². The maximum absolute atomic E-state index is 11.6. The Morgan fingerprint density at radius 3 is 2.81 bits per heavy atom. The van der Waals surface area contributed by atoms with Crippen molar-refractivity contribution in [3.8, 4) is 0 Å². The zero-order valence-corrected chi connectivity index (χ0v) is 13.9. The van der Waals surface area contributed by atoms with Gasteiger partial charge < -0.3 is 0 Å². The number of halogens is 1. The molecule has 110 valence electrons. The Morgan fingerprint density at radius 1 is 1.38 bits per heavy atom. The lowest BCUT2D eigenvalue weighted by Gasteiger charge is -2.01. The van der Waals surface area contributed by atoms with E-state index < -0.39 is 0 Å². The van der Waals surface area contributed by atoms with Crippen LogP contribution in [0.5, 0.6) is 0 Å². The molecule has 1 amide bonds. The second kappa shape index (κ2) is 8.22. The Balaban J connectivity index is 1.69. The summed E-state index contributed by atoms with van der Waals surface area (Å²) in [4.78, 5) is 13.8. The lowest BCUT2D eigenvalue weighted by molar-refractivity contribution is -0.120. The van der Waals surface area contributed by atoms with E-state index in [1.54, 1.807) is 29.3 Å². The molecule has 0 fully saturated rings. The number of rotatable bonds is 6. The van der Waals surface area contributed by atoms with Crippen LogP contribution in [0.3, 0.4) is 0 Å². The van der Waals surface area contributed by atoms with E-state index in [0.29, 0.717) is 12.2 Å². The second-order valence-electron chi connectivity index (χ2n) is 4.31. The summed E-state index contributed by atoms with van der Waals surface area (Å²) in [7, 11) is 0. The van der Waals surface area contributed by atoms with Crippen molar-refractivity contribution in [1.29, 1.82) is 0 Å². The molecule has 0 spiro atoms. The minimum Gasteiger partial charge on any atom is -0.273 e. The van der Waals surface area contributed by atoms with Crippen LogP contribution >= 0.6 is 34.7 Å². The summed E-state index contributed by atoms with van der Waals surface area (Å²) >= 11 is 9.04.